The quantitative estimate of drug-likeness (QED) is 0.226. The van der Waals surface area contributed by atoms with Crippen LogP contribution in [0.25, 0.3) is 5.69 Å². The highest BCUT2D eigenvalue weighted by atomic mass is 35.5. The van der Waals surface area contributed by atoms with Crippen LogP contribution in [0.15, 0.2) is 88.9 Å². The molecule has 38 heavy (non-hydrogen) atoms. The number of nitrogens with zero attached hydrogens (tertiary/aromatic N) is 3. The van der Waals surface area contributed by atoms with Crippen molar-refractivity contribution in [3.05, 3.63) is 112 Å². The standard InChI is InChI=1S/C29H29ClN4O3S/c1-20-14-15-25(16-21(20)2)33(38(36,37)26-10-6-5-7-11-26)19-29(35)32-31-18-24-17-22(3)34(23(24)4)28-13-9-8-12-27(28)30/h5-18H,19H2,1-4H3,(H,32,35)/b31-18+. The molecule has 1 heterocycles. The molecule has 0 aliphatic carbocycles. The molecule has 9 heteroatoms. The van der Waals surface area contributed by atoms with Crippen molar-refractivity contribution in [1.29, 1.82) is 0 Å². The van der Waals surface area contributed by atoms with E-state index in [0.717, 1.165) is 38.1 Å². The highest BCUT2D eigenvalue weighted by Crippen LogP contribution is 2.27. The van der Waals surface area contributed by atoms with Gasteiger partial charge in [0.2, 0.25) is 0 Å². The van der Waals surface area contributed by atoms with E-state index in [4.69, 9.17) is 11.6 Å². The second-order valence-electron chi connectivity index (χ2n) is 9.00. The fraction of sp³-hybridized carbons (Fsp3) is 0.172. The number of hydrogen-bond donors (Lipinski definition) is 1. The van der Waals surface area contributed by atoms with Crippen molar-refractivity contribution < 1.29 is 13.2 Å². The van der Waals surface area contributed by atoms with Gasteiger partial charge in [-0.1, -0.05) is 48.0 Å². The van der Waals surface area contributed by atoms with E-state index < -0.39 is 22.5 Å². The average molecular weight is 549 g/mol. The number of carbonyl (C=O) groups is 1. The maximum Gasteiger partial charge on any atom is 0.264 e. The maximum atomic E-state index is 13.5. The van der Waals surface area contributed by atoms with Crippen LogP contribution in [0.3, 0.4) is 0 Å². The van der Waals surface area contributed by atoms with Gasteiger partial charge in [-0.05, 0) is 81.3 Å². The van der Waals surface area contributed by atoms with E-state index in [2.05, 4.69) is 10.5 Å². The summed E-state index contributed by atoms with van der Waals surface area (Å²) in [5, 5.41) is 4.74. The highest BCUT2D eigenvalue weighted by Gasteiger charge is 2.27. The number of benzene rings is 3. The molecule has 0 aliphatic rings. The summed E-state index contributed by atoms with van der Waals surface area (Å²) in [6.45, 7) is 7.31. The Morgan fingerprint density at radius 3 is 2.32 bits per heavy atom. The molecule has 0 bridgehead atoms. The molecule has 0 saturated carbocycles. The predicted octanol–water partition coefficient (Wildman–Crippen LogP) is 5.71. The number of hydrogen-bond acceptors (Lipinski definition) is 4. The zero-order chi connectivity index (χ0) is 27.4. The van der Waals surface area contributed by atoms with Gasteiger partial charge in [-0.3, -0.25) is 9.10 Å². The van der Waals surface area contributed by atoms with Gasteiger partial charge >= 0.3 is 0 Å². The molecule has 4 aromatic rings. The number of rotatable bonds is 8. The third-order valence-electron chi connectivity index (χ3n) is 6.35. The number of aromatic nitrogens is 1. The van der Waals surface area contributed by atoms with Gasteiger partial charge in [-0.25, -0.2) is 13.8 Å². The third-order valence-corrected chi connectivity index (χ3v) is 8.46. The third kappa shape index (κ3) is 5.66. The molecule has 0 saturated heterocycles. The Morgan fingerprint density at radius 2 is 1.63 bits per heavy atom. The second-order valence-corrected chi connectivity index (χ2v) is 11.3. The Kier molecular flexibility index (Phi) is 8.04. The van der Waals surface area contributed by atoms with E-state index in [1.165, 1.54) is 12.1 Å². The summed E-state index contributed by atoms with van der Waals surface area (Å²) < 4.78 is 30.1. The van der Waals surface area contributed by atoms with Gasteiger partial charge in [0.05, 0.1) is 27.5 Å². The molecule has 196 valence electrons. The number of sulfonamides is 1. The molecule has 0 radical (unpaired) electrons. The van der Waals surface area contributed by atoms with Crippen LogP contribution in [-0.4, -0.2) is 31.7 Å². The first-order chi connectivity index (χ1) is 18.1. The van der Waals surface area contributed by atoms with Gasteiger partial charge in [-0.2, -0.15) is 5.10 Å². The Labute approximate surface area is 228 Å². The van der Waals surface area contributed by atoms with Gasteiger partial charge in [0, 0.05) is 17.0 Å². The van der Waals surface area contributed by atoms with Gasteiger partial charge in [-0.15, -0.1) is 0 Å². The van der Waals surface area contributed by atoms with E-state index in [0.29, 0.717) is 10.7 Å². The summed E-state index contributed by atoms with van der Waals surface area (Å²) in [5.41, 5.74) is 8.32. The predicted molar refractivity (Wildman–Crippen MR) is 153 cm³/mol. The summed E-state index contributed by atoms with van der Waals surface area (Å²) >= 11 is 6.39. The minimum Gasteiger partial charge on any atom is -0.316 e. The average Bonchev–Trinajstić information content (AvgIpc) is 3.17. The van der Waals surface area contributed by atoms with Gasteiger partial charge in [0.15, 0.2) is 0 Å². The number of amides is 1. The van der Waals surface area contributed by atoms with Gasteiger partial charge in [0.25, 0.3) is 15.9 Å². The number of anilines is 1. The van der Waals surface area contributed by atoms with Crippen molar-refractivity contribution in [3.8, 4) is 5.69 Å². The molecule has 0 aliphatic heterocycles. The molecule has 1 aromatic heterocycles. The van der Waals surface area contributed by atoms with E-state index in [9.17, 15) is 13.2 Å². The van der Waals surface area contributed by atoms with Crippen LogP contribution in [0, 0.1) is 27.7 Å². The molecule has 1 N–H and O–H groups in total. The number of halogens is 1. The number of aryl methyl sites for hydroxylation is 3. The first kappa shape index (κ1) is 27.2. The number of carbonyl (C=O) groups excluding carboxylic acids is 1. The summed E-state index contributed by atoms with van der Waals surface area (Å²) in [6.07, 6.45) is 1.54. The van der Waals surface area contributed by atoms with Crippen molar-refractivity contribution in [2.45, 2.75) is 32.6 Å². The van der Waals surface area contributed by atoms with Crippen LogP contribution in [0.2, 0.25) is 5.02 Å². The van der Waals surface area contributed by atoms with E-state index in [1.807, 2.05) is 68.7 Å². The molecule has 0 atom stereocenters. The van der Waals surface area contributed by atoms with Crippen molar-refractivity contribution in [2.75, 3.05) is 10.8 Å². The molecule has 3 aromatic carbocycles. The fourth-order valence-electron chi connectivity index (χ4n) is 4.18. The van der Waals surface area contributed by atoms with Crippen LogP contribution < -0.4 is 9.73 Å². The zero-order valence-corrected chi connectivity index (χ0v) is 23.2. The van der Waals surface area contributed by atoms with Gasteiger partial charge in [0.1, 0.15) is 6.54 Å². The first-order valence-electron chi connectivity index (χ1n) is 12.0. The minimum atomic E-state index is -3.99. The van der Waals surface area contributed by atoms with Crippen molar-refractivity contribution in [3.63, 3.8) is 0 Å². The van der Waals surface area contributed by atoms with Crippen molar-refractivity contribution in [2.24, 2.45) is 5.10 Å². The second kappa shape index (κ2) is 11.2. The molecule has 1 amide bonds. The Morgan fingerprint density at radius 1 is 0.947 bits per heavy atom. The lowest BCUT2D eigenvalue weighted by Gasteiger charge is -2.24. The maximum absolute atomic E-state index is 13.5. The number of para-hydroxylation sites is 1. The summed E-state index contributed by atoms with van der Waals surface area (Å²) in [7, 11) is -3.99. The molecular formula is C29H29ClN4O3S. The largest absolute Gasteiger partial charge is 0.316 e. The lowest BCUT2D eigenvalue weighted by Crippen LogP contribution is -2.39. The molecule has 0 fully saturated rings. The smallest absolute Gasteiger partial charge is 0.264 e. The van der Waals surface area contributed by atoms with E-state index >= 15 is 0 Å². The van der Waals surface area contributed by atoms with E-state index in [-0.39, 0.29) is 4.90 Å². The fourth-order valence-corrected chi connectivity index (χ4v) is 5.83. The van der Waals surface area contributed by atoms with Crippen LogP contribution >= 0.6 is 11.6 Å². The van der Waals surface area contributed by atoms with Crippen LogP contribution in [0.4, 0.5) is 5.69 Å². The molecular weight excluding hydrogens is 520 g/mol. The molecule has 0 spiro atoms. The summed E-state index contributed by atoms with van der Waals surface area (Å²) in [6, 6.07) is 22.8. The van der Waals surface area contributed by atoms with Crippen LogP contribution in [0.5, 0.6) is 0 Å². The van der Waals surface area contributed by atoms with Crippen LogP contribution in [0.1, 0.15) is 28.1 Å². The zero-order valence-electron chi connectivity index (χ0n) is 21.6. The lowest BCUT2D eigenvalue weighted by molar-refractivity contribution is -0.119. The molecule has 7 nitrogen and oxygen atoms in total. The normalized spacial score (nSPS) is 11.6. The SMILES string of the molecule is Cc1ccc(N(CC(=O)N/N=C/c2cc(C)n(-c3ccccc3Cl)c2C)S(=O)(=O)c2ccccc2)cc1C. The lowest BCUT2D eigenvalue weighted by atomic mass is 10.1. The molecule has 4 rings (SSSR count). The summed E-state index contributed by atoms with van der Waals surface area (Å²) in [4.78, 5) is 13.0. The monoisotopic (exact) mass is 548 g/mol. The van der Waals surface area contributed by atoms with Gasteiger partial charge < -0.3 is 4.57 Å². The number of nitrogens with one attached hydrogen (secondary N) is 1. The highest BCUT2D eigenvalue weighted by molar-refractivity contribution is 7.92. The summed E-state index contributed by atoms with van der Waals surface area (Å²) in [5.74, 6) is -0.570. The molecule has 0 unspecified atom stereocenters. The van der Waals surface area contributed by atoms with Crippen molar-refractivity contribution >= 4 is 39.4 Å². The topological polar surface area (TPSA) is 83.8 Å². The van der Waals surface area contributed by atoms with Crippen molar-refractivity contribution in [1.82, 2.24) is 9.99 Å². The van der Waals surface area contributed by atoms with Crippen LogP contribution in [-0.2, 0) is 14.8 Å². The Balaban J connectivity index is 1.57. The Bertz CT molecular complexity index is 1610. The number of hydrazone groups is 1. The minimum absolute atomic E-state index is 0.0986. The Hall–Kier alpha value is -3.88. The first-order valence-corrected chi connectivity index (χ1v) is 13.8. The van der Waals surface area contributed by atoms with E-state index in [1.54, 1.807) is 36.5 Å².